The Bertz CT molecular complexity index is 880. The number of anilines is 1. The van der Waals surface area contributed by atoms with E-state index in [-0.39, 0.29) is 17.2 Å². The van der Waals surface area contributed by atoms with E-state index in [1.54, 1.807) is 24.3 Å². The fraction of sp³-hybridized carbons (Fsp3) is 0.176. The number of carbonyl (C=O) groups is 2. The average molecular weight is 381 g/mol. The van der Waals surface area contributed by atoms with Crippen LogP contribution in [0.2, 0.25) is 5.02 Å². The van der Waals surface area contributed by atoms with E-state index in [0.717, 1.165) is 5.56 Å². The molecule has 0 fully saturated rings. The predicted molar refractivity (Wildman–Crippen MR) is 95.8 cm³/mol. The minimum Gasteiger partial charge on any atom is -0.326 e. The molecule has 2 N–H and O–H groups in total. The van der Waals surface area contributed by atoms with Crippen LogP contribution >= 0.6 is 11.6 Å². The second kappa shape index (κ2) is 8.13. The normalized spacial score (nSPS) is 11.0. The summed E-state index contributed by atoms with van der Waals surface area (Å²) in [6, 6.07) is 12.6. The van der Waals surface area contributed by atoms with Gasteiger partial charge in [0.15, 0.2) is 0 Å². The molecule has 2 amide bonds. The maximum absolute atomic E-state index is 12.2. The molecule has 2 rings (SSSR count). The monoisotopic (exact) mass is 380 g/mol. The second-order valence-corrected chi connectivity index (χ2v) is 7.42. The summed E-state index contributed by atoms with van der Waals surface area (Å²) in [5, 5.41) is 3.07. The molecule has 0 unspecified atom stereocenters. The number of sulfonamides is 1. The fourth-order valence-electron chi connectivity index (χ4n) is 2.13. The Labute approximate surface area is 151 Å². The van der Waals surface area contributed by atoms with E-state index in [1.807, 2.05) is 4.72 Å². The zero-order valence-electron chi connectivity index (χ0n) is 13.5. The lowest BCUT2D eigenvalue weighted by atomic mass is 10.1. The van der Waals surface area contributed by atoms with Crippen LogP contribution in [0.1, 0.15) is 18.9 Å². The molecule has 8 heteroatoms. The molecule has 0 spiro atoms. The predicted octanol–water partition coefficient (Wildman–Crippen LogP) is 2.74. The maximum Gasteiger partial charge on any atom is 0.264 e. The summed E-state index contributed by atoms with van der Waals surface area (Å²) in [6.45, 7) is 1.35. The van der Waals surface area contributed by atoms with Crippen molar-refractivity contribution in [3.8, 4) is 0 Å². The van der Waals surface area contributed by atoms with Crippen LogP contribution in [-0.4, -0.2) is 20.2 Å². The molecule has 0 radical (unpaired) electrons. The summed E-state index contributed by atoms with van der Waals surface area (Å²) >= 11 is 6.01. The topological polar surface area (TPSA) is 92.3 Å². The smallest absolute Gasteiger partial charge is 0.264 e. The first-order valence-corrected chi connectivity index (χ1v) is 9.31. The van der Waals surface area contributed by atoms with Crippen LogP contribution < -0.4 is 10.0 Å². The van der Waals surface area contributed by atoms with Crippen molar-refractivity contribution in [3.63, 3.8) is 0 Å². The van der Waals surface area contributed by atoms with Crippen LogP contribution in [0.3, 0.4) is 0 Å². The number of benzene rings is 2. The SMILES string of the molecule is CC(=O)Nc1ccc(S(=O)(=O)NC(=O)CCc2ccccc2Cl)cc1. The van der Waals surface area contributed by atoms with Crippen molar-refractivity contribution in [1.82, 2.24) is 4.72 Å². The molecule has 2 aromatic rings. The van der Waals surface area contributed by atoms with Gasteiger partial charge in [-0.15, -0.1) is 0 Å². The number of carbonyl (C=O) groups excluding carboxylic acids is 2. The van der Waals surface area contributed by atoms with Gasteiger partial charge in [0.25, 0.3) is 10.0 Å². The van der Waals surface area contributed by atoms with Gasteiger partial charge in [0.2, 0.25) is 11.8 Å². The van der Waals surface area contributed by atoms with Crippen LogP contribution in [0.25, 0.3) is 0 Å². The van der Waals surface area contributed by atoms with Gasteiger partial charge in [-0.3, -0.25) is 9.59 Å². The Morgan fingerprint density at radius 1 is 1.04 bits per heavy atom. The summed E-state index contributed by atoms with van der Waals surface area (Å²) in [6.07, 6.45) is 0.329. The minimum absolute atomic E-state index is 0.00700. The van der Waals surface area contributed by atoms with Crippen molar-refractivity contribution in [2.24, 2.45) is 0 Å². The second-order valence-electron chi connectivity index (χ2n) is 5.33. The van der Waals surface area contributed by atoms with Crippen molar-refractivity contribution in [2.45, 2.75) is 24.7 Å². The summed E-state index contributed by atoms with van der Waals surface area (Å²) in [5.41, 5.74) is 1.24. The molecule has 0 aliphatic carbocycles. The first-order chi connectivity index (χ1) is 11.8. The van der Waals surface area contributed by atoms with Crippen LogP contribution in [0, 0.1) is 0 Å². The molecular formula is C17H17ClN2O4S. The zero-order valence-corrected chi connectivity index (χ0v) is 15.0. The Morgan fingerprint density at radius 3 is 2.28 bits per heavy atom. The molecule has 132 valence electrons. The molecular weight excluding hydrogens is 364 g/mol. The maximum atomic E-state index is 12.2. The first-order valence-electron chi connectivity index (χ1n) is 7.44. The Hall–Kier alpha value is -2.38. The van der Waals surface area contributed by atoms with Crippen molar-refractivity contribution in [2.75, 3.05) is 5.32 Å². The molecule has 6 nitrogen and oxygen atoms in total. The molecule has 0 saturated carbocycles. The number of hydrogen-bond donors (Lipinski definition) is 2. The highest BCUT2D eigenvalue weighted by molar-refractivity contribution is 7.90. The Kier molecular flexibility index (Phi) is 6.17. The first kappa shape index (κ1) is 19.0. The van der Waals surface area contributed by atoms with Crippen LogP contribution in [0.5, 0.6) is 0 Å². The van der Waals surface area contributed by atoms with E-state index in [2.05, 4.69) is 5.32 Å². The molecule has 0 aliphatic heterocycles. The van der Waals surface area contributed by atoms with Gasteiger partial charge >= 0.3 is 0 Å². The Morgan fingerprint density at radius 2 is 1.68 bits per heavy atom. The average Bonchev–Trinajstić information content (AvgIpc) is 2.53. The highest BCUT2D eigenvalue weighted by Crippen LogP contribution is 2.17. The summed E-state index contributed by atoms with van der Waals surface area (Å²) in [4.78, 5) is 22.8. The van der Waals surface area contributed by atoms with Gasteiger partial charge in [-0.2, -0.15) is 0 Å². The van der Waals surface area contributed by atoms with Crippen LogP contribution in [0.15, 0.2) is 53.4 Å². The van der Waals surface area contributed by atoms with E-state index in [1.165, 1.54) is 31.2 Å². The summed E-state index contributed by atoms with van der Waals surface area (Å²) < 4.78 is 26.4. The number of aryl methyl sites for hydroxylation is 1. The molecule has 0 aromatic heterocycles. The van der Waals surface area contributed by atoms with Gasteiger partial charge in [0.05, 0.1) is 4.90 Å². The van der Waals surface area contributed by atoms with Gasteiger partial charge in [-0.1, -0.05) is 29.8 Å². The lowest BCUT2D eigenvalue weighted by molar-refractivity contribution is -0.119. The molecule has 0 bridgehead atoms. The summed E-state index contributed by atoms with van der Waals surface area (Å²) in [7, 11) is -3.96. The van der Waals surface area contributed by atoms with Crippen molar-refractivity contribution in [3.05, 3.63) is 59.1 Å². The lowest BCUT2D eigenvalue weighted by Gasteiger charge is -2.08. The van der Waals surface area contributed by atoms with Gasteiger partial charge < -0.3 is 5.32 Å². The third kappa shape index (κ3) is 5.58. The third-order valence-electron chi connectivity index (χ3n) is 3.31. The van der Waals surface area contributed by atoms with Gasteiger partial charge in [-0.05, 0) is 42.3 Å². The lowest BCUT2D eigenvalue weighted by Crippen LogP contribution is -2.30. The molecule has 2 aromatic carbocycles. The van der Waals surface area contributed by atoms with Crippen molar-refractivity contribution >= 4 is 39.1 Å². The highest BCUT2D eigenvalue weighted by Gasteiger charge is 2.17. The van der Waals surface area contributed by atoms with Crippen molar-refractivity contribution < 1.29 is 18.0 Å². The van der Waals surface area contributed by atoms with Crippen LogP contribution in [0.4, 0.5) is 5.69 Å². The largest absolute Gasteiger partial charge is 0.326 e. The highest BCUT2D eigenvalue weighted by atomic mass is 35.5. The number of hydrogen-bond acceptors (Lipinski definition) is 4. The number of halogens is 1. The Balaban J connectivity index is 1.99. The van der Waals surface area contributed by atoms with E-state index in [9.17, 15) is 18.0 Å². The van der Waals surface area contributed by atoms with Gasteiger partial charge in [0, 0.05) is 24.1 Å². The fourth-order valence-corrected chi connectivity index (χ4v) is 3.37. The van der Waals surface area contributed by atoms with Crippen LogP contribution in [-0.2, 0) is 26.0 Å². The van der Waals surface area contributed by atoms with E-state index < -0.39 is 15.9 Å². The summed E-state index contributed by atoms with van der Waals surface area (Å²) in [5.74, 6) is -0.880. The van der Waals surface area contributed by atoms with E-state index in [4.69, 9.17) is 11.6 Å². The zero-order chi connectivity index (χ0) is 18.4. The molecule has 0 heterocycles. The number of amides is 2. The van der Waals surface area contributed by atoms with E-state index in [0.29, 0.717) is 17.1 Å². The molecule has 0 atom stereocenters. The number of rotatable bonds is 6. The number of nitrogens with one attached hydrogen (secondary N) is 2. The third-order valence-corrected chi connectivity index (χ3v) is 5.07. The molecule has 0 saturated heterocycles. The quantitative estimate of drug-likeness (QED) is 0.805. The molecule has 25 heavy (non-hydrogen) atoms. The van der Waals surface area contributed by atoms with Gasteiger partial charge in [-0.25, -0.2) is 13.1 Å². The van der Waals surface area contributed by atoms with Crippen molar-refractivity contribution in [1.29, 1.82) is 0 Å². The van der Waals surface area contributed by atoms with E-state index >= 15 is 0 Å². The minimum atomic E-state index is -3.96. The molecule has 0 aliphatic rings. The standard InChI is InChI=1S/C17H17ClN2O4S/c1-12(21)19-14-7-9-15(10-8-14)25(23,24)20-17(22)11-6-13-4-2-3-5-16(13)18/h2-5,7-10H,6,11H2,1H3,(H,19,21)(H,20,22). The van der Waals surface area contributed by atoms with Gasteiger partial charge in [0.1, 0.15) is 0 Å².